The Labute approximate surface area is 85.2 Å². The molecule has 4 heteroatoms. The highest BCUT2D eigenvalue weighted by molar-refractivity contribution is 5.81. The summed E-state index contributed by atoms with van der Waals surface area (Å²) in [7, 11) is 3.28. The maximum atomic E-state index is 11.1. The molecule has 0 spiro atoms. The zero-order chi connectivity index (χ0) is 11.6. The third-order valence-corrected chi connectivity index (χ3v) is 1.99. The normalized spacial score (nSPS) is 16.2. The van der Waals surface area contributed by atoms with Crippen LogP contribution in [0.1, 0.15) is 20.8 Å². The van der Waals surface area contributed by atoms with E-state index >= 15 is 0 Å². The van der Waals surface area contributed by atoms with Crippen LogP contribution in [0, 0.1) is 5.41 Å². The number of ether oxygens (including phenoxy) is 1. The minimum atomic E-state index is -1.63. The van der Waals surface area contributed by atoms with Crippen LogP contribution < -0.4 is 0 Å². The molecule has 0 amide bonds. The Morgan fingerprint density at radius 1 is 1.43 bits per heavy atom. The smallest absolute Gasteiger partial charge is 0.333 e. The predicted octanol–water partition coefficient (Wildman–Crippen LogP) is 0.969. The van der Waals surface area contributed by atoms with Gasteiger partial charge in [0.2, 0.25) is 0 Å². The highest BCUT2D eigenvalue weighted by atomic mass is 16.7. The largest absolute Gasteiger partial charge is 0.415 e. The highest BCUT2D eigenvalue weighted by Gasteiger charge is 2.46. The van der Waals surface area contributed by atoms with Crippen LogP contribution >= 0.6 is 0 Å². The molecule has 0 rings (SSSR count). The van der Waals surface area contributed by atoms with Crippen molar-refractivity contribution in [2.24, 2.45) is 5.41 Å². The molecule has 14 heavy (non-hydrogen) atoms. The van der Waals surface area contributed by atoms with Crippen LogP contribution in [0.2, 0.25) is 0 Å². The molecule has 0 saturated carbocycles. The van der Waals surface area contributed by atoms with Crippen LogP contribution in [0.3, 0.4) is 0 Å². The third-order valence-electron chi connectivity index (χ3n) is 1.99. The first kappa shape index (κ1) is 13.1. The van der Waals surface area contributed by atoms with Gasteiger partial charge in [0.25, 0.3) is 5.91 Å². The lowest BCUT2D eigenvalue weighted by Gasteiger charge is -2.42. The van der Waals surface area contributed by atoms with Gasteiger partial charge in [-0.25, -0.2) is 9.69 Å². The first-order valence-corrected chi connectivity index (χ1v) is 4.40. The van der Waals surface area contributed by atoms with Crippen LogP contribution in [0.15, 0.2) is 12.7 Å². The Bertz CT molecular complexity index is 230. The molecule has 4 nitrogen and oxygen atoms in total. The molecule has 1 atom stereocenters. The summed E-state index contributed by atoms with van der Waals surface area (Å²) in [6, 6.07) is 0. The topological polar surface area (TPSA) is 49.8 Å². The van der Waals surface area contributed by atoms with Gasteiger partial charge in [0, 0.05) is 11.5 Å². The summed E-state index contributed by atoms with van der Waals surface area (Å²) in [5.74, 6) is -2.27. The van der Waals surface area contributed by atoms with Crippen molar-refractivity contribution in [2.75, 3.05) is 14.1 Å². The Morgan fingerprint density at radius 3 is 2.07 bits per heavy atom. The van der Waals surface area contributed by atoms with Crippen LogP contribution in [-0.4, -0.2) is 36.0 Å². The van der Waals surface area contributed by atoms with Gasteiger partial charge < -0.3 is 9.84 Å². The molecule has 0 aliphatic rings. The molecule has 82 valence electrons. The van der Waals surface area contributed by atoms with E-state index in [1.165, 1.54) is 4.90 Å². The molecule has 0 aliphatic heterocycles. The summed E-state index contributed by atoms with van der Waals surface area (Å²) in [5, 5.41) is 10.2. The van der Waals surface area contributed by atoms with E-state index in [0.29, 0.717) is 0 Å². The van der Waals surface area contributed by atoms with Crippen molar-refractivity contribution < 1.29 is 14.6 Å². The molecule has 0 heterocycles. The fraction of sp³-hybridized carbons (Fsp3) is 0.700. The molecule has 0 aromatic rings. The van der Waals surface area contributed by atoms with Gasteiger partial charge in [-0.3, -0.25) is 0 Å². The number of carbonyl (C=O) groups is 1. The molecule has 1 unspecified atom stereocenters. The number of nitrogens with zero attached hydrogens (tertiary/aromatic N) is 1. The molecule has 0 saturated heterocycles. The van der Waals surface area contributed by atoms with Crippen LogP contribution in [-0.2, 0) is 9.53 Å². The average molecular weight is 201 g/mol. The number of hydrogen-bond donors (Lipinski definition) is 1. The van der Waals surface area contributed by atoms with Gasteiger partial charge in [-0.1, -0.05) is 27.4 Å². The fourth-order valence-electron chi connectivity index (χ4n) is 1.10. The quantitative estimate of drug-likeness (QED) is 0.420. The second-order valence-corrected chi connectivity index (χ2v) is 4.38. The molecular weight excluding hydrogens is 182 g/mol. The molecule has 1 N–H and O–H groups in total. The van der Waals surface area contributed by atoms with Crippen molar-refractivity contribution in [2.45, 2.75) is 26.7 Å². The Balaban J connectivity index is 4.92. The Morgan fingerprint density at radius 2 is 1.86 bits per heavy atom. The maximum absolute atomic E-state index is 11.1. The van der Waals surface area contributed by atoms with Gasteiger partial charge >= 0.3 is 5.97 Å². The molecule has 0 radical (unpaired) electrons. The van der Waals surface area contributed by atoms with Crippen molar-refractivity contribution >= 4 is 5.97 Å². The fourth-order valence-corrected chi connectivity index (χ4v) is 1.10. The molecule has 0 aromatic carbocycles. The molecule has 0 aliphatic carbocycles. The number of aliphatic hydroxyl groups is 1. The van der Waals surface area contributed by atoms with Crippen molar-refractivity contribution in [1.29, 1.82) is 0 Å². The van der Waals surface area contributed by atoms with E-state index in [1.807, 2.05) is 0 Å². The lowest BCUT2D eigenvalue weighted by Crippen LogP contribution is -2.57. The lowest BCUT2D eigenvalue weighted by atomic mass is 9.90. The van der Waals surface area contributed by atoms with Gasteiger partial charge in [0.05, 0.1) is 0 Å². The van der Waals surface area contributed by atoms with E-state index in [-0.39, 0.29) is 0 Å². The standard InChI is InChI=1S/C10H19NO3/c1-7-8(12)14-10(13,11(5)6)9(2,3)4/h7,13H,1H2,2-6H3. The molecule has 0 fully saturated rings. The Hall–Kier alpha value is -0.870. The number of carbonyl (C=O) groups excluding carboxylic acids is 1. The van der Waals surface area contributed by atoms with Gasteiger partial charge in [0.1, 0.15) is 0 Å². The van der Waals surface area contributed by atoms with Crippen molar-refractivity contribution in [3.63, 3.8) is 0 Å². The second kappa shape index (κ2) is 4.11. The van der Waals surface area contributed by atoms with Crippen LogP contribution in [0.4, 0.5) is 0 Å². The van der Waals surface area contributed by atoms with E-state index < -0.39 is 17.3 Å². The monoisotopic (exact) mass is 201 g/mol. The van der Waals surface area contributed by atoms with Crippen molar-refractivity contribution in [3.8, 4) is 0 Å². The van der Waals surface area contributed by atoms with E-state index in [9.17, 15) is 9.90 Å². The maximum Gasteiger partial charge on any atom is 0.333 e. The summed E-state index contributed by atoms with van der Waals surface area (Å²) in [5.41, 5.74) is -0.602. The molecule has 0 aromatic heterocycles. The van der Waals surface area contributed by atoms with Gasteiger partial charge in [-0.2, -0.15) is 0 Å². The first-order valence-electron chi connectivity index (χ1n) is 4.40. The van der Waals surface area contributed by atoms with Crippen molar-refractivity contribution in [1.82, 2.24) is 4.90 Å². The highest BCUT2D eigenvalue weighted by Crippen LogP contribution is 2.33. The summed E-state index contributed by atoms with van der Waals surface area (Å²) in [6.07, 6.45) is 1.03. The van der Waals surface area contributed by atoms with Crippen LogP contribution in [0.5, 0.6) is 0 Å². The number of hydrogen-bond acceptors (Lipinski definition) is 4. The molecule has 0 bridgehead atoms. The summed E-state index contributed by atoms with van der Waals surface area (Å²) >= 11 is 0. The summed E-state index contributed by atoms with van der Waals surface area (Å²) in [6.45, 7) is 8.63. The first-order chi connectivity index (χ1) is 6.15. The SMILES string of the molecule is C=CC(=O)OC(O)(N(C)C)C(C)(C)C. The van der Waals surface area contributed by atoms with E-state index in [2.05, 4.69) is 6.58 Å². The number of esters is 1. The second-order valence-electron chi connectivity index (χ2n) is 4.38. The van der Waals surface area contributed by atoms with E-state index in [1.54, 1.807) is 34.9 Å². The van der Waals surface area contributed by atoms with Crippen LogP contribution in [0.25, 0.3) is 0 Å². The van der Waals surface area contributed by atoms with E-state index in [0.717, 1.165) is 6.08 Å². The average Bonchev–Trinajstić information content (AvgIpc) is 2.01. The van der Waals surface area contributed by atoms with Gasteiger partial charge in [0.15, 0.2) is 0 Å². The predicted molar refractivity (Wildman–Crippen MR) is 54.4 cm³/mol. The van der Waals surface area contributed by atoms with Gasteiger partial charge in [-0.05, 0) is 14.1 Å². The summed E-state index contributed by atoms with van der Waals surface area (Å²) in [4.78, 5) is 12.5. The zero-order valence-corrected chi connectivity index (χ0v) is 9.50. The Kier molecular flexibility index (Phi) is 3.85. The van der Waals surface area contributed by atoms with Crippen molar-refractivity contribution in [3.05, 3.63) is 12.7 Å². The lowest BCUT2D eigenvalue weighted by molar-refractivity contribution is -0.311. The minimum absolute atomic E-state index is 0.602. The third kappa shape index (κ3) is 2.56. The minimum Gasteiger partial charge on any atom is -0.415 e. The van der Waals surface area contributed by atoms with Gasteiger partial charge in [-0.15, -0.1) is 0 Å². The summed E-state index contributed by atoms with van der Waals surface area (Å²) < 4.78 is 4.94. The van der Waals surface area contributed by atoms with E-state index in [4.69, 9.17) is 4.74 Å². The zero-order valence-electron chi connectivity index (χ0n) is 9.50. The molecular formula is C10H19NO3. The number of rotatable bonds is 3.